The third-order valence-corrected chi connectivity index (χ3v) is 3.53. The molecule has 1 aliphatic rings. The summed E-state index contributed by atoms with van der Waals surface area (Å²) in [6.45, 7) is 1.67. The van der Waals surface area contributed by atoms with E-state index in [-0.39, 0.29) is 5.84 Å². The molecule has 3 N–H and O–H groups in total. The first-order valence-electron chi connectivity index (χ1n) is 4.92. The van der Waals surface area contributed by atoms with Crippen LogP contribution in [0, 0.1) is 0 Å². The molecule has 0 radical (unpaired) electrons. The SMILES string of the molecule is NC(=NO)c1cc(CSC2COC2)ccn1. The lowest BCUT2D eigenvalue weighted by Crippen LogP contribution is -2.30. The highest BCUT2D eigenvalue weighted by Crippen LogP contribution is 2.23. The van der Waals surface area contributed by atoms with Gasteiger partial charge in [0, 0.05) is 11.9 Å². The molecule has 0 unspecified atom stereocenters. The second-order valence-electron chi connectivity index (χ2n) is 3.51. The number of oxime groups is 1. The smallest absolute Gasteiger partial charge is 0.188 e. The van der Waals surface area contributed by atoms with Crippen LogP contribution in [0.5, 0.6) is 0 Å². The molecule has 0 aromatic carbocycles. The lowest BCUT2D eigenvalue weighted by Gasteiger charge is -2.25. The maximum absolute atomic E-state index is 8.55. The van der Waals surface area contributed by atoms with Gasteiger partial charge >= 0.3 is 0 Å². The predicted molar refractivity (Wildman–Crippen MR) is 62.6 cm³/mol. The highest BCUT2D eigenvalue weighted by atomic mass is 32.2. The number of ether oxygens (including phenoxy) is 1. The van der Waals surface area contributed by atoms with Gasteiger partial charge in [0.1, 0.15) is 5.69 Å². The fraction of sp³-hybridized carbons (Fsp3) is 0.400. The van der Waals surface area contributed by atoms with Gasteiger partial charge in [-0.15, -0.1) is 11.8 Å². The molecule has 16 heavy (non-hydrogen) atoms. The van der Waals surface area contributed by atoms with Gasteiger partial charge in [-0.05, 0) is 17.7 Å². The van der Waals surface area contributed by atoms with E-state index in [1.165, 1.54) is 0 Å². The van der Waals surface area contributed by atoms with Gasteiger partial charge in [0.15, 0.2) is 5.84 Å². The minimum atomic E-state index is 0.0406. The van der Waals surface area contributed by atoms with E-state index in [0.717, 1.165) is 24.5 Å². The Hall–Kier alpha value is -1.27. The number of nitrogens with zero attached hydrogens (tertiary/aromatic N) is 2. The van der Waals surface area contributed by atoms with Crippen LogP contribution in [-0.2, 0) is 10.5 Å². The van der Waals surface area contributed by atoms with Crippen molar-refractivity contribution in [1.29, 1.82) is 0 Å². The van der Waals surface area contributed by atoms with Gasteiger partial charge in [-0.1, -0.05) is 5.16 Å². The molecule has 0 aliphatic carbocycles. The Balaban J connectivity index is 1.98. The molecule has 2 rings (SSSR count). The first-order valence-corrected chi connectivity index (χ1v) is 5.96. The number of hydrogen-bond acceptors (Lipinski definition) is 5. The molecule has 0 spiro atoms. The fourth-order valence-electron chi connectivity index (χ4n) is 1.28. The van der Waals surface area contributed by atoms with Crippen LogP contribution in [0.3, 0.4) is 0 Å². The van der Waals surface area contributed by atoms with Gasteiger partial charge in [0.05, 0.1) is 18.5 Å². The molecule has 6 heteroatoms. The Morgan fingerprint density at radius 3 is 3.12 bits per heavy atom. The molecule has 0 saturated carbocycles. The van der Waals surface area contributed by atoms with E-state index < -0.39 is 0 Å². The number of aromatic nitrogens is 1. The summed E-state index contributed by atoms with van der Waals surface area (Å²) in [5.41, 5.74) is 7.09. The number of hydrogen-bond donors (Lipinski definition) is 2. The largest absolute Gasteiger partial charge is 0.409 e. The third kappa shape index (κ3) is 2.65. The van der Waals surface area contributed by atoms with Crippen molar-refractivity contribution in [2.24, 2.45) is 10.9 Å². The minimum Gasteiger partial charge on any atom is -0.409 e. The first-order chi connectivity index (χ1) is 7.79. The van der Waals surface area contributed by atoms with Crippen molar-refractivity contribution in [1.82, 2.24) is 4.98 Å². The number of nitrogens with two attached hydrogens (primary N) is 1. The maximum Gasteiger partial charge on any atom is 0.188 e. The van der Waals surface area contributed by atoms with Crippen molar-refractivity contribution in [2.75, 3.05) is 13.2 Å². The Bertz CT molecular complexity index is 393. The molecule has 1 aromatic heterocycles. The Kier molecular flexibility index (Phi) is 3.63. The lowest BCUT2D eigenvalue weighted by atomic mass is 10.2. The number of pyridine rings is 1. The molecular weight excluding hydrogens is 226 g/mol. The van der Waals surface area contributed by atoms with Crippen LogP contribution in [0.1, 0.15) is 11.3 Å². The van der Waals surface area contributed by atoms with Crippen molar-refractivity contribution >= 4 is 17.6 Å². The topological polar surface area (TPSA) is 80.7 Å². The summed E-state index contributed by atoms with van der Waals surface area (Å²) < 4.78 is 5.10. The van der Waals surface area contributed by atoms with Gasteiger partial charge in [-0.2, -0.15) is 0 Å². The van der Waals surface area contributed by atoms with Gasteiger partial charge in [-0.3, -0.25) is 4.98 Å². The van der Waals surface area contributed by atoms with Gasteiger partial charge in [-0.25, -0.2) is 0 Å². The molecule has 86 valence electrons. The zero-order chi connectivity index (χ0) is 11.4. The zero-order valence-corrected chi connectivity index (χ0v) is 9.48. The Morgan fingerprint density at radius 2 is 2.50 bits per heavy atom. The van der Waals surface area contributed by atoms with Crippen molar-refractivity contribution < 1.29 is 9.94 Å². The second-order valence-corrected chi connectivity index (χ2v) is 4.79. The van der Waals surface area contributed by atoms with Crippen LogP contribution < -0.4 is 5.73 Å². The summed E-state index contributed by atoms with van der Waals surface area (Å²) in [6.07, 6.45) is 1.67. The van der Waals surface area contributed by atoms with Crippen molar-refractivity contribution in [3.8, 4) is 0 Å². The number of rotatable bonds is 4. The van der Waals surface area contributed by atoms with Crippen molar-refractivity contribution in [2.45, 2.75) is 11.0 Å². The molecular formula is C10H13N3O2S. The van der Waals surface area contributed by atoms with Crippen LogP contribution in [0.15, 0.2) is 23.5 Å². The zero-order valence-electron chi connectivity index (χ0n) is 8.67. The Morgan fingerprint density at radius 1 is 1.69 bits per heavy atom. The normalized spacial score (nSPS) is 17.1. The molecule has 1 fully saturated rings. The predicted octanol–water partition coefficient (Wildman–Crippen LogP) is 0.808. The standard InChI is InChI=1S/C10H13N3O2S/c11-10(13-14)9-3-7(1-2-12-9)6-16-8-4-15-5-8/h1-3,8,14H,4-6H2,(H2,11,13). The second kappa shape index (κ2) is 5.18. The molecule has 5 nitrogen and oxygen atoms in total. The maximum atomic E-state index is 8.55. The molecule has 1 aliphatic heterocycles. The molecule has 0 atom stereocenters. The van der Waals surface area contributed by atoms with Crippen LogP contribution in [-0.4, -0.2) is 34.5 Å². The molecule has 2 heterocycles. The summed E-state index contributed by atoms with van der Waals surface area (Å²) in [5, 5.41) is 12.1. The molecule has 1 saturated heterocycles. The van der Waals surface area contributed by atoms with Gasteiger partial charge < -0.3 is 15.7 Å². The number of amidine groups is 1. The van der Waals surface area contributed by atoms with E-state index in [2.05, 4.69) is 10.1 Å². The minimum absolute atomic E-state index is 0.0406. The van der Waals surface area contributed by atoms with Gasteiger partial charge in [0.25, 0.3) is 0 Å². The van der Waals surface area contributed by atoms with Crippen LogP contribution >= 0.6 is 11.8 Å². The average molecular weight is 239 g/mol. The summed E-state index contributed by atoms with van der Waals surface area (Å²) in [6, 6.07) is 3.77. The Labute approximate surface area is 97.7 Å². The fourth-order valence-corrected chi connectivity index (χ4v) is 2.27. The quantitative estimate of drug-likeness (QED) is 0.352. The molecule has 0 bridgehead atoms. The van der Waals surface area contributed by atoms with E-state index in [0.29, 0.717) is 10.9 Å². The van der Waals surface area contributed by atoms with E-state index >= 15 is 0 Å². The first kappa shape index (κ1) is 11.2. The van der Waals surface area contributed by atoms with Crippen LogP contribution in [0.2, 0.25) is 0 Å². The lowest BCUT2D eigenvalue weighted by molar-refractivity contribution is 0.0455. The third-order valence-electron chi connectivity index (χ3n) is 2.29. The van der Waals surface area contributed by atoms with Crippen LogP contribution in [0.25, 0.3) is 0 Å². The summed E-state index contributed by atoms with van der Waals surface area (Å²) in [7, 11) is 0. The molecule has 1 aromatic rings. The summed E-state index contributed by atoms with van der Waals surface area (Å²) >= 11 is 1.85. The average Bonchev–Trinajstić information content (AvgIpc) is 2.26. The van der Waals surface area contributed by atoms with E-state index in [1.807, 2.05) is 23.9 Å². The summed E-state index contributed by atoms with van der Waals surface area (Å²) in [4.78, 5) is 4.02. The number of thioether (sulfide) groups is 1. The molecule has 0 amide bonds. The van der Waals surface area contributed by atoms with Crippen LogP contribution in [0.4, 0.5) is 0 Å². The highest BCUT2D eigenvalue weighted by molar-refractivity contribution is 7.99. The van der Waals surface area contributed by atoms with E-state index in [1.54, 1.807) is 6.20 Å². The summed E-state index contributed by atoms with van der Waals surface area (Å²) in [5.74, 6) is 0.932. The van der Waals surface area contributed by atoms with E-state index in [4.69, 9.17) is 15.7 Å². The highest BCUT2D eigenvalue weighted by Gasteiger charge is 2.18. The van der Waals surface area contributed by atoms with E-state index in [9.17, 15) is 0 Å². The van der Waals surface area contributed by atoms with Crippen molar-refractivity contribution in [3.05, 3.63) is 29.6 Å². The van der Waals surface area contributed by atoms with Crippen molar-refractivity contribution in [3.63, 3.8) is 0 Å². The van der Waals surface area contributed by atoms with Gasteiger partial charge in [0.2, 0.25) is 0 Å². The monoisotopic (exact) mass is 239 g/mol.